The van der Waals surface area contributed by atoms with Crippen LogP contribution in [0.15, 0.2) is 17.0 Å². The lowest BCUT2D eigenvalue weighted by Crippen LogP contribution is -2.38. The summed E-state index contributed by atoms with van der Waals surface area (Å²) in [5.41, 5.74) is -0.467. The first-order valence-electron chi connectivity index (χ1n) is 6.34. The van der Waals surface area contributed by atoms with Gasteiger partial charge < -0.3 is 4.90 Å². The smallest absolute Gasteiger partial charge is 0.262 e. The van der Waals surface area contributed by atoms with Crippen LogP contribution in [0.4, 0.5) is 8.78 Å². The van der Waals surface area contributed by atoms with E-state index in [-0.39, 0.29) is 6.04 Å². The average molecular weight is 340 g/mol. The lowest BCUT2D eigenvalue weighted by Gasteiger charge is -2.27. The van der Waals surface area contributed by atoms with Gasteiger partial charge in [-0.05, 0) is 32.4 Å². The molecule has 0 saturated heterocycles. The Kier molecular flexibility index (Phi) is 5.69. The monoisotopic (exact) mass is 339 g/mol. The Morgan fingerprint density at radius 2 is 1.81 bits per heavy atom. The van der Waals surface area contributed by atoms with Crippen molar-refractivity contribution >= 4 is 25.6 Å². The maximum absolute atomic E-state index is 13.4. The normalized spacial score (nSPS) is 11.8. The zero-order chi connectivity index (χ0) is 16.4. The number of rotatable bonds is 5. The Labute approximate surface area is 127 Å². The molecule has 1 rings (SSSR count). The van der Waals surface area contributed by atoms with E-state index in [1.807, 2.05) is 6.92 Å². The van der Waals surface area contributed by atoms with E-state index >= 15 is 0 Å². The van der Waals surface area contributed by atoms with Gasteiger partial charge in [-0.25, -0.2) is 17.2 Å². The third-order valence-corrected chi connectivity index (χ3v) is 4.23. The van der Waals surface area contributed by atoms with Crippen LogP contribution in [0.25, 0.3) is 0 Å². The number of nitrogens with zero attached hydrogens (tertiary/aromatic N) is 1. The molecule has 0 radical (unpaired) electrons. The molecule has 8 heteroatoms. The van der Waals surface area contributed by atoms with E-state index in [4.69, 9.17) is 10.7 Å². The van der Waals surface area contributed by atoms with Gasteiger partial charge in [0.25, 0.3) is 15.0 Å². The first-order chi connectivity index (χ1) is 9.59. The summed E-state index contributed by atoms with van der Waals surface area (Å²) in [7, 11) is 0.832. The number of halogens is 3. The Balaban J connectivity index is 3.47. The van der Waals surface area contributed by atoms with Crippen LogP contribution in [-0.4, -0.2) is 31.8 Å². The zero-order valence-electron chi connectivity index (χ0n) is 11.9. The predicted molar refractivity (Wildman–Crippen MR) is 75.9 cm³/mol. The molecule has 0 bridgehead atoms. The van der Waals surface area contributed by atoms with Gasteiger partial charge >= 0.3 is 0 Å². The topological polar surface area (TPSA) is 54.5 Å². The van der Waals surface area contributed by atoms with Gasteiger partial charge in [0.15, 0.2) is 11.6 Å². The largest absolute Gasteiger partial charge is 0.336 e. The van der Waals surface area contributed by atoms with Crippen molar-refractivity contribution in [2.45, 2.75) is 38.1 Å². The highest BCUT2D eigenvalue weighted by Gasteiger charge is 2.27. The van der Waals surface area contributed by atoms with Gasteiger partial charge in [0.2, 0.25) is 0 Å². The zero-order valence-corrected chi connectivity index (χ0v) is 13.4. The van der Waals surface area contributed by atoms with Crippen molar-refractivity contribution < 1.29 is 22.0 Å². The highest BCUT2D eigenvalue weighted by Crippen LogP contribution is 2.25. The Bertz CT molecular complexity index is 647. The van der Waals surface area contributed by atoms with E-state index in [0.29, 0.717) is 25.1 Å². The molecular weight excluding hydrogens is 324 g/mol. The quantitative estimate of drug-likeness (QED) is 0.774. The summed E-state index contributed by atoms with van der Waals surface area (Å²) < 4.78 is 49.6. The molecule has 0 N–H and O–H groups in total. The van der Waals surface area contributed by atoms with Crippen molar-refractivity contribution in [3.63, 3.8) is 0 Å². The van der Waals surface area contributed by atoms with Crippen molar-refractivity contribution in [1.29, 1.82) is 0 Å². The van der Waals surface area contributed by atoms with Crippen LogP contribution >= 0.6 is 10.7 Å². The molecule has 1 aromatic rings. The van der Waals surface area contributed by atoms with Crippen LogP contribution in [0.2, 0.25) is 0 Å². The molecule has 0 unspecified atom stereocenters. The second kappa shape index (κ2) is 6.70. The van der Waals surface area contributed by atoms with Crippen molar-refractivity contribution in [2.75, 3.05) is 6.54 Å². The molecule has 0 aliphatic carbocycles. The van der Waals surface area contributed by atoms with Crippen LogP contribution in [0.5, 0.6) is 0 Å². The minimum absolute atomic E-state index is 0.226. The van der Waals surface area contributed by atoms with Crippen LogP contribution < -0.4 is 0 Å². The van der Waals surface area contributed by atoms with E-state index in [1.165, 1.54) is 4.90 Å². The summed E-state index contributed by atoms with van der Waals surface area (Å²) in [5.74, 6) is -3.38. The van der Waals surface area contributed by atoms with Crippen molar-refractivity contribution in [3.05, 3.63) is 29.3 Å². The summed E-state index contributed by atoms with van der Waals surface area (Å²) in [4.78, 5) is 13.1. The molecular formula is C13H16ClF2NO3S. The van der Waals surface area contributed by atoms with Crippen molar-refractivity contribution in [3.8, 4) is 0 Å². The standard InChI is InChI=1S/C13H16ClF2NO3S/c1-4-5-17(8(2)3)13(18)9-6-10(15)11(16)7-12(9)21(14,19)20/h6-8H,4-5H2,1-3H3. The van der Waals surface area contributed by atoms with Crippen molar-refractivity contribution in [2.24, 2.45) is 0 Å². The third kappa shape index (κ3) is 4.14. The minimum atomic E-state index is -4.37. The van der Waals surface area contributed by atoms with Crippen LogP contribution in [-0.2, 0) is 9.05 Å². The number of amides is 1. The summed E-state index contributed by atoms with van der Waals surface area (Å²) in [5, 5.41) is 0. The fraction of sp³-hybridized carbons (Fsp3) is 0.462. The lowest BCUT2D eigenvalue weighted by molar-refractivity contribution is 0.0701. The highest BCUT2D eigenvalue weighted by atomic mass is 35.7. The molecule has 1 aromatic carbocycles. The molecule has 118 valence electrons. The maximum atomic E-state index is 13.4. The first kappa shape index (κ1) is 17.8. The number of hydrogen-bond donors (Lipinski definition) is 0. The van der Waals surface area contributed by atoms with Gasteiger partial charge in [-0.15, -0.1) is 0 Å². The molecule has 0 spiro atoms. The van der Waals surface area contributed by atoms with E-state index in [9.17, 15) is 22.0 Å². The third-order valence-electron chi connectivity index (χ3n) is 2.86. The number of carbonyl (C=O) groups excluding carboxylic acids is 1. The number of carbonyl (C=O) groups is 1. The van der Waals surface area contributed by atoms with E-state index in [1.54, 1.807) is 13.8 Å². The highest BCUT2D eigenvalue weighted by molar-refractivity contribution is 8.13. The lowest BCUT2D eigenvalue weighted by atomic mass is 10.1. The Morgan fingerprint density at radius 3 is 2.24 bits per heavy atom. The first-order valence-corrected chi connectivity index (χ1v) is 8.65. The summed E-state index contributed by atoms with van der Waals surface area (Å²) in [6, 6.07) is 0.768. The molecule has 21 heavy (non-hydrogen) atoms. The van der Waals surface area contributed by atoms with Gasteiger partial charge in [-0.3, -0.25) is 4.79 Å². The molecule has 0 saturated carbocycles. The molecule has 1 amide bonds. The van der Waals surface area contributed by atoms with E-state index in [2.05, 4.69) is 0 Å². The SMILES string of the molecule is CCCN(C(=O)c1cc(F)c(F)cc1S(=O)(=O)Cl)C(C)C. The van der Waals surface area contributed by atoms with Crippen LogP contribution in [0, 0.1) is 11.6 Å². The van der Waals surface area contributed by atoms with Gasteiger partial charge in [0.1, 0.15) is 0 Å². The average Bonchev–Trinajstić information content (AvgIpc) is 2.36. The van der Waals surface area contributed by atoms with E-state index < -0.39 is 37.1 Å². The number of benzene rings is 1. The second-order valence-corrected chi connectivity index (χ2v) is 7.33. The Hall–Kier alpha value is -1.21. The summed E-state index contributed by atoms with van der Waals surface area (Å²) in [6.45, 7) is 5.68. The molecule has 0 aromatic heterocycles. The fourth-order valence-corrected chi connectivity index (χ4v) is 2.92. The van der Waals surface area contributed by atoms with Gasteiger partial charge in [0.05, 0.1) is 10.5 Å². The molecule has 4 nitrogen and oxygen atoms in total. The summed E-state index contributed by atoms with van der Waals surface area (Å²) >= 11 is 0. The van der Waals surface area contributed by atoms with Crippen molar-refractivity contribution in [1.82, 2.24) is 4.90 Å². The second-order valence-electron chi connectivity index (χ2n) is 4.79. The maximum Gasteiger partial charge on any atom is 0.262 e. The molecule has 0 fully saturated rings. The van der Waals surface area contributed by atoms with E-state index in [0.717, 1.165) is 0 Å². The van der Waals surface area contributed by atoms with Gasteiger partial charge in [-0.2, -0.15) is 0 Å². The van der Waals surface area contributed by atoms with Gasteiger partial charge in [-0.1, -0.05) is 6.92 Å². The molecule has 0 heterocycles. The van der Waals surface area contributed by atoms with Gasteiger partial charge in [0, 0.05) is 23.3 Å². The molecule has 0 atom stereocenters. The molecule has 0 aliphatic rings. The molecule has 0 aliphatic heterocycles. The summed E-state index contributed by atoms with van der Waals surface area (Å²) in [6.07, 6.45) is 0.635. The Morgan fingerprint density at radius 1 is 1.29 bits per heavy atom. The van der Waals surface area contributed by atoms with Crippen LogP contribution in [0.1, 0.15) is 37.6 Å². The number of hydrogen-bond acceptors (Lipinski definition) is 3. The fourth-order valence-electron chi connectivity index (χ4n) is 1.89. The minimum Gasteiger partial charge on any atom is -0.336 e. The van der Waals surface area contributed by atoms with Crippen LogP contribution in [0.3, 0.4) is 0 Å². The predicted octanol–water partition coefficient (Wildman–Crippen LogP) is 3.15.